The fourth-order valence-electron chi connectivity index (χ4n) is 3.05. The van der Waals surface area contributed by atoms with Crippen molar-refractivity contribution in [2.45, 2.75) is 65.2 Å². The van der Waals surface area contributed by atoms with Crippen LogP contribution >= 0.6 is 0 Å². The van der Waals surface area contributed by atoms with E-state index in [1.807, 2.05) is 12.1 Å². The highest BCUT2D eigenvalue weighted by Gasteiger charge is 2.19. The number of rotatable bonds is 10. The number of carbonyl (C=O) groups is 2. The second-order valence-electron chi connectivity index (χ2n) is 8.56. The largest absolute Gasteiger partial charge is 0.481 e. The molecule has 2 rings (SSSR count). The van der Waals surface area contributed by atoms with Crippen molar-refractivity contribution in [2.75, 3.05) is 6.61 Å². The van der Waals surface area contributed by atoms with Crippen LogP contribution in [-0.2, 0) is 32.7 Å². The van der Waals surface area contributed by atoms with Gasteiger partial charge < -0.3 is 19.9 Å². The summed E-state index contributed by atoms with van der Waals surface area (Å²) < 4.78 is 11.0. The molecule has 0 unspecified atom stereocenters. The third-order valence-corrected chi connectivity index (χ3v) is 4.96. The third-order valence-electron chi connectivity index (χ3n) is 4.96. The van der Waals surface area contributed by atoms with Crippen LogP contribution in [-0.4, -0.2) is 35.8 Å². The highest BCUT2D eigenvalue weighted by atomic mass is 16.5. The maximum atomic E-state index is 12.4. The second kappa shape index (κ2) is 11.0. The van der Waals surface area contributed by atoms with Crippen molar-refractivity contribution in [1.82, 2.24) is 5.32 Å². The fourth-order valence-corrected chi connectivity index (χ4v) is 3.05. The predicted octanol–water partition coefficient (Wildman–Crippen LogP) is 4.10. The molecule has 31 heavy (non-hydrogen) atoms. The van der Waals surface area contributed by atoms with Crippen molar-refractivity contribution in [1.29, 1.82) is 0 Å². The molecule has 0 aliphatic heterocycles. The van der Waals surface area contributed by atoms with Gasteiger partial charge in [-0.2, -0.15) is 0 Å². The Morgan fingerprint density at radius 2 is 1.58 bits per heavy atom. The Kier molecular flexibility index (Phi) is 8.63. The van der Waals surface area contributed by atoms with Crippen molar-refractivity contribution in [2.24, 2.45) is 0 Å². The Morgan fingerprint density at radius 3 is 2.10 bits per heavy atom. The molecule has 2 aromatic carbocycles. The minimum atomic E-state index is -0.986. The normalized spacial score (nSPS) is 13.3. The molecule has 6 nitrogen and oxygen atoms in total. The first kappa shape index (κ1) is 24.4. The average molecular weight is 428 g/mol. The first-order chi connectivity index (χ1) is 14.6. The summed E-state index contributed by atoms with van der Waals surface area (Å²) in [6, 6.07) is 15.3. The van der Waals surface area contributed by atoms with Gasteiger partial charge in [0, 0.05) is 19.6 Å². The molecule has 1 amide bonds. The summed E-state index contributed by atoms with van der Waals surface area (Å²) in [5, 5.41) is 12.1. The van der Waals surface area contributed by atoms with E-state index in [0.717, 1.165) is 11.1 Å². The van der Waals surface area contributed by atoms with E-state index in [9.17, 15) is 14.7 Å². The zero-order chi connectivity index (χ0) is 23.0. The lowest BCUT2D eigenvalue weighted by Gasteiger charge is -2.19. The number of amides is 1. The van der Waals surface area contributed by atoms with E-state index >= 15 is 0 Å². The molecule has 2 N–H and O–H groups in total. The highest BCUT2D eigenvalue weighted by molar-refractivity contribution is 5.80. The van der Waals surface area contributed by atoms with Crippen molar-refractivity contribution < 1.29 is 24.2 Å². The van der Waals surface area contributed by atoms with Crippen molar-refractivity contribution in [3.8, 4) is 5.75 Å². The zero-order valence-electron chi connectivity index (χ0n) is 19.0. The van der Waals surface area contributed by atoms with E-state index < -0.39 is 18.2 Å². The van der Waals surface area contributed by atoms with Crippen LogP contribution in [0.2, 0.25) is 0 Å². The number of carbonyl (C=O) groups excluding carboxylic acids is 1. The zero-order valence-corrected chi connectivity index (χ0v) is 19.0. The fraction of sp³-hybridized carbons (Fsp3) is 0.440. The predicted molar refractivity (Wildman–Crippen MR) is 120 cm³/mol. The molecular weight excluding hydrogens is 394 g/mol. The Bertz CT molecular complexity index is 853. The molecule has 0 saturated heterocycles. The summed E-state index contributed by atoms with van der Waals surface area (Å²) in [6.45, 7) is 10.7. The summed E-state index contributed by atoms with van der Waals surface area (Å²) in [6.07, 6.45) is -1.26. The van der Waals surface area contributed by atoms with Gasteiger partial charge in [0.1, 0.15) is 5.75 Å². The molecule has 0 aliphatic rings. The summed E-state index contributed by atoms with van der Waals surface area (Å²) in [7, 11) is 0. The van der Waals surface area contributed by atoms with Gasteiger partial charge in [-0.05, 0) is 48.1 Å². The average Bonchev–Trinajstić information content (AvgIpc) is 2.72. The van der Waals surface area contributed by atoms with Crippen molar-refractivity contribution in [3.05, 3.63) is 65.2 Å². The SMILES string of the molecule is CCO[C@@H](Cc1ccc(O[C@H](C)C(=O)NCc2ccc(C(C)(C)C)cc2)cc1)C(=O)O. The van der Waals surface area contributed by atoms with Gasteiger partial charge >= 0.3 is 5.97 Å². The van der Waals surface area contributed by atoms with E-state index in [1.54, 1.807) is 38.1 Å². The van der Waals surface area contributed by atoms with E-state index in [-0.39, 0.29) is 17.7 Å². The molecule has 0 bridgehead atoms. The number of hydrogen-bond acceptors (Lipinski definition) is 4. The van der Waals surface area contributed by atoms with Gasteiger partial charge in [-0.15, -0.1) is 0 Å². The Morgan fingerprint density at radius 1 is 1.00 bits per heavy atom. The molecule has 0 aromatic heterocycles. The molecule has 0 fully saturated rings. The van der Waals surface area contributed by atoms with Crippen molar-refractivity contribution in [3.63, 3.8) is 0 Å². The highest BCUT2D eigenvalue weighted by Crippen LogP contribution is 2.22. The van der Waals surface area contributed by atoms with E-state index in [2.05, 4.69) is 38.2 Å². The summed E-state index contributed by atoms with van der Waals surface area (Å²) in [5.74, 6) is -0.643. The summed E-state index contributed by atoms with van der Waals surface area (Å²) >= 11 is 0. The minimum absolute atomic E-state index is 0.0945. The standard InChI is InChI=1S/C25H33NO5/c1-6-30-22(24(28)29)15-18-9-13-21(14-10-18)31-17(2)23(27)26-16-19-7-11-20(12-8-19)25(3,4)5/h7-14,17,22H,6,15-16H2,1-5H3,(H,26,27)(H,28,29)/t17-,22+/m1/s1. The lowest BCUT2D eigenvalue weighted by Crippen LogP contribution is -2.35. The van der Waals surface area contributed by atoms with Gasteiger partial charge in [0.25, 0.3) is 5.91 Å². The molecule has 168 valence electrons. The quantitative estimate of drug-likeness (QED) is 0.596. The van der Waals surface area contributed by atoms with Crippen LogP contribution in [0.15, 0.2) is 48.5 Å². The number of ether oxygens (including phenoxy) is 2. The summed E-state index contributed by atoms with van der Waals surface area (Å²) in [5.41, 5.74) is 3.19. The first-order valence-corrected chi connectivity index (χ1v) is 10.6. The van der Waals surface area contributed by atoms with Gasteiger partial charge in [0.2, 0.25) is 0 Å². The number of benzene rings is 2. The van der Waals surface area contributed by atoms with Gasteiger partial charge in [-0.3, -0.25) is 4.79 Å². The second-order valence-corrected chi connectivity index (χ2v) is 8.56. The maximum absolute atomic E-state index is 12.4. The minimum Gasteiger partial charge on any atom is -0.481 e. The van der Waals surface area contributed by atoms with Crippen LogP contribution in [0.1, 0.15) is 51.3 Å². The molecule has 2 atom stereocenters. The monoisotopic (exact) mass is 427 g/mol. The summed E-state index contributed by atoms with van der Waals surface area (Å²) in [4.78, 5) is 23.6. The first-order valence-electron chi connectivity index (χ1n) is 10.6. The van der Waals surface area contributed by atoms with Crippen LogP contribution in [0.4, 0.5) is 0 Å². The molecule has 0 spiro atoms. The Balaban J connectivity index is 1.86. The molecule has 0 heterocycles. The van der Waals surface area contributed by atoms with E-state index in [1.165, 1.54) is 5.56 Å². The lowest BCUT2D eigenvalue weighted by molar-refractivity contribution is -0.150. The molecule has 0 saturated carbocycles. The molecule has 0 aliphatic carbocycles. The van der Waals surface area contributed by atoms with E-state index in [4.69, 9.17) is 9.47 Å². The molecule has 0 radical (unpaired) electrons. The number of carboxylic acids is 1. The van der Waals surface area contributed by atoms with Crippen LogP contribution < -0.4 is 10.1 Å². The van der Waals surface area contributed by atoms with Gasteiger partial charge in [-0.1, -0.05) is 57.2 Å². The van der Waals surface area contributed by atoms with Gasteiger partial charge in [-0.25, -0.2) is 4.79 Å². The number of nitrogens with one attached hydrogen (secondary N) is 1. The Labute approximate surface area is 184 Å². The van der Waals surface area contributed by atoms with Gasteiger partial charge in [0.15, 0.2) is 12.2 Å². The third kappa shape index (κ3) is 7.72. The Hall–Kier alpha value is -2.86. The topological polar surface area (TPSA) is 84.9 Å². The molecule has 6 heteroatoms. The van der Waals surface area contributed by atoms with Crippen LogP contribution in [0.25, 0.3) is 0 Å². The van der Waals surface area contributed by atoms with Crippen LogP contribution in [0, 0.1) is 0 Å². The van der Waals surface area contributed by atoms with Crippen molar-refractivity contribution >= 4 is 11.9 Å². The number of hydrogen-bond donors (Lipinski definition) is 2. The van der Waals surface area contributed by atoms with Gasteiger partial charge in [0.05, 0.1) is 0 Å². The lowest BCUT2D eigenvalue weighted by atomic mass is 9.87. The van der Waals surface area contributed by atoms with Crippen LogP contribution in [0.3, 0.4) is 0 Å². The number of aliphatic carboxylic acids is 1. The smallest absolute Gasteiger partial charge is 0.333 e. The maximum Gasteiger partial charge on any atom is 0.333 e. The molecule has 2 aromatic rings. The van der Waals surface area contributed by atoms with Crippen LogP contribution in [0.5, 0.6) is 5.75 Å². The number of carboxylic acid groups (broad SMARTS) is 1. The molecular formula is C25H33NO5. The van der Waals surface area contributed by atoms with E-state index in [0.29, 0.717) is 18.9 Å².